The van der Waals surface area contributed by atoms with Crippen LogP contribution in [0.4, 0.5) is 11.4 Å². The van der Waals surface area contributed by atoms with E-state index < -0.39 is 4.92 Å². The molecule has 0 aliphatic heterocycles. The molecule has 0 bridgehead atoms. The van der Waals surface area contributed by atoms with Crippen molar-refractivity contribution >= 4 is 11.4 Å². The van der Waals surface area contributed by atoms with E-state index in [2.05, 4.69) is 19.2 Å². The van der Waals surface area contributed by atoms with Crippen molar-refractivity contribution in [2.24, 2.45) is 0 Å². The molecule has 0 saturated carbocycles. The average molecular weight is 247 g/mol. The molecule has 5 nitrogen and oxygen atoms in total. The number of benzene rings is 1. The van der Waals surface area contributed by atoms with Crippen molar-refractivity contribution in [3.05, 3.63) is 33.9 Å². The Bertz CT molecular complexity index is 466. The van der Waals surface area contributed by atoms with Gasteiger partial charge in [0.15, 0.2) is 0 Å². The summed E-state index contributed by atoms with van der Waals surface area (Å²) in [7, 11) is 0. The van der Waals surface area contributed by atoms with Gasteiger partial charge in [-0.05, 0) is 18.9 Å². The number of rotatable bonds is 6. The maximum atomic E-state index is 10.6. The highest BCUT2D eigenvalue weighted by molar-refractivity contribution is 5.61. The highest BCUT2D eigenvalue weighted by atomic mass is 16.6. The van der Waals surface area contributed by atoms with Crippen LogP contribution in [-0.4, -0.2) is 11.0 Å². The molecular weight excluding hydrogens is 230 g/mol. The van der Waals surface area contributed by atoms with Gasteiger partial charge in [0.05, 0.1) is 16.2 Å². The van der Waals surface area contributed by atoms with E-state index in [1.165, 1.54) is 12.1 Å². The molecule has 0 heterocycles. The summed E-state index contributed by atoms with van der Waals surface area (Å²) >= 11 is 0. The van der Waals surface area contributed by atoms with Gasteiger partial charge in [0.1, 0.15) is 6.07 Å². The second kappa shape index (κ2) is 6.60. The minimum Gasteiger partial charge on any atom is -0.381 e. The lowest BCUT2D eigenvalue weighted by molar-refractivity contribution is -0.384. The van der Waals surface area contributed by atoms with Crippen molar-refractivity contribution in [2.75, 3.05) is 5.32 Å². The standard InChI is InChI=1S/C13H17N3O2/c1-3-5-11(4-2)15-13-7-6-12(16(17)18)8-10(13)9-14/h6-8,11,15H,3-5H2,1-2H3. The van der Waals surface area contributed by atoms with Gasteiger partial charge in [-0.25, -0.2) is 0 Å². The quantitative estimate of drug-likeness (QED) is 0.616. The monoisotopic (exact) mass is 247 g/mol. The van der Waals surface area contributed by atoms with Crippen LogP contribution in [0, 0.1) is 21.4 Å². The van der Waals surface area contributed by atoms with Gasteiger partial charge in [-0.1, -0.05) is 20.3 Å². The van der Waals surface area contributed by atoms with Gasteiger partial charge < -0.3 is 5.32 Å². The fourth-order valence-corrected chi connectivity index (χ4v) is 1.81. The average Bonchev–Trinajstić information content (AvgIpc) is 2.38. The van der Waals surface area contributed by atoms with Crippen LogP contribution >= 0.6 is 0 Å². The lowest BCUT2D eigenvalue weighted by Crippen LogP contribution is -2.18. The molecule has 1 unspecified atom stereocenters. The van der Waals surface area contributed by atoms with Crippen LogP contribution in [-0.2, 0) is 0 Å². The number of nitrogens with one attached hydrogen (secondary N) is 1. The smallest absolute Gasteiger partial charge is 0.270 e. The van der Waals surface area contributed by atoms with Gasteiger partial charge >= 0.3 is 0 Å². The molecule has 0 aliphatic rings. The first-order valence-corrected chi connectivity index (χ1v) is 6.07. The van der Waals surface area contributed by atoms with E-state index in [1.807, 2.05) is 6.07 Å². The molecule has 0 saturated heterocycles. The number of anilines is 1. The van der Waals surface area contributed by atoms with Crippen molar-refractivity contribution in [3.8, 4) is 6.07 Å². The zero-order valence-corrected chi connectivity index (χ0v) is 10.6. The van der Waals surface area contributed by atoms with Crippen molar-refractivity contribution < 1.29 is 4.92 Å². The molecule has 1 aromatic rings. The number of nitrogens with zero attached hydrogens (tertiary/aromatic N) is 2. The molecule has 1 atom stereocenters. The highest BCUT2D eigenvalue weighted by Gasteiger charge is 2.12. The van der Waals surface area contributed by atoms with E-state index in [4.69, 9.17) is 5.26 Å². The molecule has 96 valence electrons. The Kier molecular flexibility index (Phi) is 5.12. The Hall–Kier alpha value is -2.09. The number of nitriles is 1. The van der Waals surface area contributed by atoms with E-state index in [9.17, 15) is 10.1 Å². The van der Waals surface area contributed by atoms with Crippen LogP contribution < -0.4 is 5.32 Å². The number of nitro groups is 1. The Balaban J connectivity index is 2.96. The second-order valence-corrected chi connectivity index (χ2v) is 4.14. The normalized spacial score (nSPS) is 11.6. The van der Waals surface area contributed by atoms with Crippen molar-refractivity contribution in [2.45, 2.75) is 39.2 Å². The fourth-order valence-electron chi connectivity index (χ4n) is 1.81. The van der Waals surface area contributed by atoms with Gasteiger partial charge in [0.25, 0.3) is 5.69 Å². The van der Waals surface area contributed by atoms with E-state index in [0.717, 1.165) is 19.3 Å². The lowest BCUT2D eigenvalue weighted by Gasteiger charge is -2.18. The highest BCUT2D eigenvalue weighted by Crippen LogP contribution is 2.23. The SMILES string of the molecule is CCCC(CC)Nc1ccc([N+](=O)[O-])cc1C#N. The van der Waals surface area contributed by atoms with Gasteiger partial charge in [0.2, 0.25) is 0 Å². The predicted molar refractivity (Wildman–Crippen MR) is 70.4 cm³/mol. The zero-order chi connectivity index (χ0) is 13.5. The number of hydrogen-bond donors (Lipinski definition) is 1. The van der Waals surface area contributed by atoms with E-state index >= 15 is 0 Å². The molecule has 1 N–H and O–H groups in total. The topological polar surface area (TPSA) is 79.0 Å². The minimum absolute atomic E-state index is 0.0550. The minimum atomic E-state index is -0.492. The number of non-ortho nitro benzene ring substituents is 1. The van der Waals surface area contributed by atoms with Crippen molar-refractivity contribution in [3.63, 3.8) is 0 Å². The largest absolute Gasteiger partial charge is 0.381 e. The van der Waals surface area contributed by atoms with E-state index in [0.29, 0.717) is 17.3 Å². The van der Waals surface area contributed by atoms with Crippen LogP contribution in [0.3, 0.4) is 0 Å². The molecule has 1 aromatic carbocycles. The first kappa shape index (κ1) is 14.0. The molecule has 0 fully saturated rings. The van der Waals surface area contributed by atoms with Gasteiger partial charge in [-0.2, -0.15) is 5.26 Å². The Morgan fingerprint density at radius 3 is 2.72 bits per heavy atom. The first-order valence-electron chi connectivity index (χ1n) is 6.07. The van der Waals surface area contributed by atoms with Crippen LogP contribution in [0.15, 0.2) is 18.2 Å². The van der Waals surface area contributed by atoms with Crippen LogP contribution in [0.1, 0.15) is 38.7 Å². The molecule has 0 radical (unpaired) electrons. The summed E-state index contributed by atoms with van der Waals surface area (Å²) in [6, 6.07) is 6.62. The molecule has 18 heavy (non-hydrogen) atoms. The lowest BCUT2D eigenvalue weighted by atomic mass is 10.1. The summed E-state index contributed by atoms with van der Waals surface area (Å²) in [5.41, 5.74) is 0.933. The summed E-state index contributed by atoms with van der Waals surface area (Å²) < 4.78 is 0. The summed E-state index contributed by atoms with van der Waals surface area (Å²) in [6.07, 6.45) is 3.02. The summed E-state index contributed by atoms with van der Waals surface area (Å²) in [4.78, 5) is 10.1. The molecule has 0 aromatic heterocycles. The number of nitro benzene ring substituents is 1. The van der Waals surface area contributed by atoms with Crippen LogP contribution in [0.5, 0.6) is 0 Å². The molecule has 0 amide bonds. The van der Waals surface area contributed by atoms with Gasteiger partial charge in [0, 0.05) is 18.2 Å². The fraction of sp³-hybridized carbons (Fsp3) is 0.462. The van der Waals surface area contributed by atoms with E-state index in [1.54, 1.807) is 6.07 Å². The third kappa shape index (κ3) is 3.45. The predicted octanol–water partition coefficient (Wildman–Crippen LogP) is 3.46. The summed E-state index contributed by atoms with van der Waals surface area (Å²) in [6.45, 7) is 4.18. The van der Waals surface area contributed by atoms with Crippen LogP contribution in [0.25, 0.3) is 0 Å². The second-order valence-electron chi connectivity index (χ2n) is 4.14. The van der Waals surface area contributed by atoms with Crippen LogP contribution in [0.2, 0.25) is 0 Å². The first-order chi connectivity index (χ1) is 8.62. The molecule has 5 heteroatoms. The Labute approximate surface area is 107 Å². The Morgan fingerprint density at radius 2 is 2.22 bits per heavy atom. The Morgan fingerprint density at radius 1 is 1.50 bits per heavy atom. The molecule has 0 spiro atoms. The van der Waals surface area contributed by atoms with Gasteiger partial charge in [-0.3, -0.25) is 10.1 Å². The zero-order valence-electron chi connectivity index (χ0n) is 10.6. The summed E-state index contributed by atoms with van der Waals surface area (Å²) in [5, 5.41) is 22.9. The maximum Gasteiger partial charge on any atom is 0.270 e. The molecular formula is C13H17N3O2. The maximum absolute atomic E-state index is 10.6. The van der Waals surface area contributed by atoms with E-state index in [-0.39, 0.29) is 5.69 Å². The van der Waals surface area contributed by atoms with Crippen molar-refractivity contribution in [1.82, 2.24) is 0 Å². The van der Waals surface area contributed by atoms with Gasteiger partial charge in [-0.15, -0.1) is 0 Å². The third-order valence-corrected chi connectivity index (χ3v) is 2.82. The summed E-state index contributed by atoms with van der Waals surface area (Å²) in [5.74, 6) is 0. The third-order valence-electron chi connectivity index (χ3n) is 2.82. The number of hydrogen-bond acceptors (Lipinski definition) is 4. The molecule has 1 rings (SSSR count). The molecule has 0 aliphatic carbocycles. The van der Waals surface area contributed by atoms with Crippen molar-refractivity contribution in [1.29, 1.82) is 5.26 Å².